The molecule has 8 heteroatoms. The fourth-order valence-corrected chi connectivity index (χ4v) is 3.40. The Morgan fingerprint density at radius 2 is 1.97 bits per heavy atom. The summed E-state index contributed by atoms with van der Waals surface area (Å²) >= 11 is 11.1. The van der Waals surface area contributed by atoms with Crippen molar-refractivity contribution in [1.29, 1.82) is 0 Å². The van der Waals surface area contributed by atoms with Gasteiger partial charge in [-0.2, -0.15) is 0 Å². The summed E-state index contributed by atoms with van der Waals surface area (Å²) in [6.07, 6.45) is 3.47. The monoisotopic (exact) mass is 442 g/mol. The van der Waals surface area contributed by atoms with Crippen LogP contribution in [0.5, 0.6) is 11.5 Å². The third-order valence-corrected chi connectivity index (χ3v) is 4.87. The van der Waals surface area contributed by atoms with Crippen LogP contribution in [0.4, 0.5) is 5.69 Å². The molecule has 30 heavy (non-hydrogen) atoms. The molecule has 6 nitrogen and oxygen atoms in total. The number of aromatic hydroxyl groups is 1. The summed E-state index contributed by atoms with van der Waals surface area (Å²) in [4.78, 5) is 26.8. The summed E-state index contributed by atoms with van der Waals surface area (Å²) in [6, 6.07) is 9.77. The van der Waals surface area contributed by atoms with E-state index in [1.807, 2.05) is 0 Å². The number of carbonyl (C=O) groups is 2. The second kappa shape index (κ2) is 9.11. The molecular weight excluding hydrogens is 424 g/mol. The maximum atomic E-state index is 13.1. The molecule has 0 aromatic heterocycles. The lowest BCUT2D eigenvalue weighted by atomic mass is 10.0. The Labute approximate surface area is 184 Å². The summed E-state index contributed by atoms with van der Waals surface area (Å²) in [5, 5.41) is 13.4. The predicted molar refractivity (Wildman–Crippen MR) is 121 cm³/mol. The topological polar surface area (TPSA) is 78.9 Å². The quantitative estimate of drug-likeness (QED) is 0.306. The molecule has 0 atom stereocenters. The van der Waals surface area contributed by atoms with Crippen LogP contribution in [0.3, 0.4) is 0 Å². The van der Waals surface area contributed by atoms with Gasteiger partial charge in [-0.25, -0.2) is 0 Å². The Morgan fingerprint density at radius 3 is 2.60 bits per heavy atom. The second-order valence-electron chi connectivity index (χ2n) is 6.39. The Bertz CT molecular complexity index is 1060. The third kappa shape index (κ3) is 4.37. The molecule has 0 bridgehead atoms. The van der Waals surface area contributed by atoms with E-state index in [1.165, 1.54) is 11.0 Å². The van der Waals surface area contributed by atoms with Crippen LogP contribution in [0.1, 0.15) is 18.1 Å². The molecule has 0 saturated carbocycles. The zero-order valence-electron chi connectivity index (χ0n) is 16.1. The molecule has 1 fully saturated rings. The highest BCUT2D eigenvalue weighted by atomic mass is 35.5. The van der Waals surface area contributed by atoms with Gasteiger partial charge < -0.3 is 9.84 Å². The zero-order valence-corrected chi connectivity index (χ0v) is 17.7. The molecule has 0 radical (unpaired) electrons. The van der Waals surface area contributed by atoms with Crippen molar-refractivity contribution < 1.29 is 19.4 Å². The zero-order chi connectivity index (χ0) is 21.8. The Morgan fingerprint density at radius 1 is 1.27 bits per heavy atom. The van der Waals surface area contributed by atoms with Gasteiger partial charge in [0.2, 0.25) is 0 Å². The maximum Gasteiger partial charge on any atom is 0.270 e. The van der Waals surface area contributed by atoms with E-state index in [9.17, 15) is 14.7 Å². The minimum atomic E-state index is -0.605. The number of thiocarbonyl (C=S) groups is 1. The number of hydrogen-bond acceptors (Lipinski definition) is 5. The van der Waals surface area contributed by atoms with Crippen LogP contribution in [0, 0.1) is 0 Å². The second-order valence-corrected chi connectivity index (χ2v) is 7.21. The fraction of sp³-hybridized carbons (Fsp3) is 0.136. The largest absolute Gasteiger partial charge is 0.504 e. The number of ether oxygens (including phenoxy) is 1. The summed E-state index contributed by atoms with van der Waals surface area (Å²) in [6.45, 7) is 5.82. The average molecular weight is 443 g/mol. The molecule has 1 saturated heterocycles. The molecule has 2 amide bonds. The van der Waals surface area contributed by atoms with Crippen molar-refractivity contribution in [2.24, 2.45) is 0 Å². The molecule has 1 aliphatic rings. The summed E-state index contributed by atoms with van der Waals surface area (Å²) < 4.78 is 5.48. The van der Waals surface area contributed by atoms with Crippen molar-refractivity contribution in [3.8, 4) is 11.5 Å². The van der Waals surface area contributed by atoms with Gasteiger partial charge >= 0.3 is 0 Å². The number of nitrogens with one attached hydrogen (secondary N) is 1. The van der Waals surface area contributed by atoms with Crippen molar-refractivity contribution in [1.82, 2.24) is 5.32 Å². The highest BCUT2D eigenvalue weighted by molar-refractivity contribution is 7.80. The summed E-state index contributed by atoms with van der Waals surface area (Å²) in [5.41, 5.74) is 1.47. The molecule has 2 aromatic rings. The number of anilines is 1. The number of hydrogen-bond donors (Lipinski definition) is 2. The Kier molecular flexibility index (Phi) is 6.54. The van der Waals surface area contributed by atoms with Gasteiger partial charge in [0.1, 0.15) is 5.57 Å². The summed E-state index contributed by atoms with van der Waals surface area (Å²) in [5.74, 6) is -0.909. The molecule has 1 aliphatic heterocycles. The first-order chi connectivity index (χ1) is 14.3. The number of rotatable bonds is 6. The number of phenols is 1. The van der Waals surface area contributed by atoms with E-state index in [0.717, 1.165) is 0 Å². The van der Waals surface area contributed by atoms with Gasteiger partial charge in [-0.1, -0.05) is 17.7 Å². The molecule has 154 valence electrons. The van der Waals surface area contributed by atoms with E-state index in [-0.39, 0.29) is 22.2 Å². The SMILES string of the molecule is C=CCc1cc(/C=C2\C(=O)NC(=S)N(c3ccc(Cl)cc3)C2=O)cc(OCC)c1O. The number of allylic oxidation sites excluding steroid dienone is 1. The molecule has 2 N–H and O–H groups in total. The van der Waals surface area contributed by atoms with Crippen molar-refractivity contribution in [3.05, 3.63) is 70.8 Å². The van der Waals surface area contributed by atoms with Crippen LogP contribution < -0.4 is 15.0 Å². The van der Waals surface area contributed by atoms with E-state index < -0.39 is 11.8 Å². The van der Waals surface area contributed by atoms with Gasteiger partial charge in [0, 0.05) is 10.6 Å². The normalized spacial score (nSPS) is 15.3. The first kappa shape index (κ1) is 21.5. The van der Waals surface area contributed by atoms with Crippen molar-refractivity contribution in [2.75, 3.05) is 11.5 Å². The van der Waals surface area contributed by atoms with E-state index in [0.29, 0.717) is 34.9 Å². The van der Waals surface area contributed by atoms with Gasteiger partial charge in [-0.15, -0.1) is 6.58 Å². The predicted octanol–water partition coefficient (Wildman–Crippen LogP) is 4.00. The first-order valence-electron chi connectivity index (χ1n) is 9.12. The molecule has 0 aliphatic carbocycles. The lowest BCUT2D eigenvalue weighted by Gasteiger charge is -2.29. The lowest BCUT2D eigenvalue weighted by molar-refractivity contribution is -0.122. The average Bonchev–Trinajstić information content (AvgIpc) is 2.70. The van der Waals surface area contributed by atoms with Gasteiger partial charge in [0.25, 0.3) is 11.8 Å². The number of nitrogens with zero attached hydrogens (tertiary/aromatic N) is 1. The summed E-state index contributed by atoms with van der Waals surface area (Å²) in [7, 11) is 0. The number of benzene rings is 2. The van der Waals surface area contributed by atoms with Crippen LogP contribution >= 0.6 is 23.8 Å². The molecule has 0 unspecified atom stereocenters. The minimum absolute atomic E-state index is 0.00212. The Balaban J connectivity index is 2.05. The number of amides is 2. The van der Waals surface area contributed by atoms with Crippen molar-refractivity contribution in [3.63, 3.8) is 0 Å². The van der Waals surface area contributed by atoms with Gasteiger partial charge in [0.05, 0.1) is 12.3 Å². The van der Waals surface area contributed by atoms with Crippen LogP contribution in [0.2, 0.25) is 5.02 Å². The third-order valence-electron chi connectivity index (χ3n) is 4.34. The van der Waals surface area contributed by atoms with E-state index in [2.05, 4.69) is 11.9 Å². The molecule has 1 heterocycles. The molecule has 0 spiro atoms. The maximum absolute atomic E-state index is 13.1. The highest BCUT2D eigenvalue weighted by Gasteiger charge is 2.34. The smallest absolute Gasteiger partial charge is 0.270 e. The number of phenolic OH excluding ortho intramolecular Hbond substituents is 1. The van der Waals surface area contributed by atoms with Crippen molar-refractivity contribution in [2.45, 2.75) is 13.3 Å². The molecular formula is C22H19ClN2O4S. The van der Waals surface area contributed by atoms with Crippen LogP contribution in [0.25, 0.3) is 6.08 Å². The Hall–Kier alpha value is -3.16. The van der Waals surface area contributed by atoms with E-state index in [1.54, 1.807) is 49.4 Å². The van der Waals surface area contributed by atoms with Crippen LogP contribution in [-0.2, 0) is 16.0 Å². The van der Waals surface area contributed by atoms with Gasteiger partial charge in [-0.05, 0) is 73.6 Å². The highest BCUT2D eigenvalue weighted by Crippen LogP contribution is 2.33. The van der Waals surface area contributed by atoms with Crippen LogP contribution in [0.15, 0.2) is 54.6 Å². The van der Waals surface area contributed by atoms with E-state index in [4.69, 9.17) is 28.6 Å². The number of carbonyl (C=O) groups excluding carboxylic acids is 2. The standard InChI is InChI=1S/C22H19ClN2O4S/c1-3-5-14-10-13(12-18(19(14)26)29-4-2)11-17-20(27)24-22(30)25(21(17)28)16-8-6-15(23)7-9-16/h3,6-12,26H,1,4-5H2,2H3,(H,24,27,30)/b17-11+. The first-order valence-corrected chi connectivity index (χ1v) is 9.91. The fourth-order valence-electron chi connectivity index (χ4n) is 3.00. The molecule has 3 rings (SSSR count). The molecule has 2 aromatic carbocycles. The number of halogens is 1. The lowest BCUT2D eigenvalue weighted by Crippen LogP contribution is -2.54. The van der Waals surface area contributed by atoms with Gasteiger partial charge in [-0.3, -0.25) is 19.8 Å². The van der Waals surface area contributed by atoms with Crippen LogP contribution in [-0.4, -0.2) is 28.6 Å². The van der Waals surface area contributed by atoms with E-state index >= 15 is 0 Å². The minimum Gasteiger partial charge on any atom is -0.504 e. The van der Waals surface area contributed by atoms with Gasteiger partial charge in [0.15, 0.2) is 16.6 Å². The van der Waals surface area contributed by atoms with Crippen molar-refractivity contribution >= 4 is 52.5 Å².